The first-order valence-corrected chi connectivity index (χ1v) is 7.50. The fraction of sp³-hybridized carbons (Fsp3) is 0.812. The topological polar surface area (TPSA) is 26.3 Å². The van der Waals surface area contributed by atoms with Gasteiger partial charge in [-0.05, 0) is 19.8 Å². The van der Waals surface area contributed by atoms with Crippen molar-refractivity contribution in [1.82, 2.24) is 0 Å². The van der Waals surface area contributed by atoms with E-state index in [1.807, 2.05) is 6.92 Å². The second-order valence-electron chi connectivity index (χ2n) is 6.05. The summed E-state index contributed by atoms with van der Waals surface area (Å²) in [5, 5.41) is 0. The van der Waals surface area contributed by atoms with Crippen LogP contribution in [0.5, 0.6) is 0 Å². The van der Waals surface area contributed by atoms with Gasteiger partial charge < -0.3 is 4.74 Å². The highest BCUT2D eigenvalue weighted by Gasteiger charge is 2.26. The zero-order chi connectivity index (χ0) is 14.9. The van der Waals surface area contributed by atoms with Crippen LogP contribution in [0.1, 0.15) is 59.3 Å². The standard InChI is InChI=1S/C16H32NO2/c1-7-8-9-10-11-12-13-17(5,6)15(4)19-16(18)14(2)3/h15H,2,7-13H2,1,3-6H3/q+1. The molecule has 1 atom stereocenters. The highest BCUT2D eigenvalue weighted by atomic mass is 16.6. The first-order chi connectivity index (χ1) is 8.81. The van der Waals surface area contributed by atoms with Crippen molar-refractivity contribution in [2.24, 2.45) is 0 Å². The Kier molecular flexibility index (Phi) is 8.73. The highest BCUT2D eigenvalue weighted by molar-refractivity contribution is 5.86. The molecule has 3 heteroatoms. The molecular formula is C16H32NO2+. The fourth-order valence-electron chi connectivity index (χ4n) is 1.88. The number of carbonyl (C=O) groups excluding carboxylic acids is 1. The van der Waals surface area contributed by atoms with Gasteiger partial charge in [0.1, 0.15) is 0 Å². The van der Waals surface area contributed by atoms with Gasteiger partial charge in [-0.25, -0.2) is 4.79 Å². The van der Waals surface area contributed by atoms with Gasteiger partial charge in [-0.3, -0.25) is 4.48 Å². The minimum Gasteiger partial charge on any atom is -0.409 e. The van der Waals surface area contributed by atoms with Crippen LogP contribution < -0.4 is 0 Å². The average Bonchev–Trinajstić information content (AvgIpc) is 2.33. The zero-order valence-electron chi connectivity index (χ0n) is 13.5. The zero-order valence-corrected chi connectivity index (χ0v) is 13.5. The summed E-state index contributed by atoms with van der Waals surface area (Å²) in [6.45, 7) is 10.5. The normalized spacial score (nSPS) is 13.1. The van der Waals surface area contributed by atoms with Gasteiger partial charge in [-0.1, -0.05) is 39.2 Å². The monoisotopic (exact) mass is 270 g/mol. The lowest BCUT2D eigenvalue weighted by molar-refractivity contribution is -0.932. The van der Waals surface area contributed by atoms with Crippen LogP contribution in [-0.4, -0.2) is 37.3 Å². The third-order valence-corrected chi connectivity index (χ3v) is 3.70. The van der Waals surface area contributed by atoms with Crippen molar-refractivity contribution in [1.29, 1.82) is 0 Å². The summed E-state index contributed by atoms with van der Waals surface area (Å²) >= 11 is 0. The van der Waals surface area contributed by atoms with Crippen molar-refractivity contribution in [2.45, 2.75) is 65.5 Å². The SMILES string of the molecule is C=C(C)C(=O)OC(C)[N+](C)(C)CCCCCCCC. The van der Waals surface area contributed by atoms with Crippen LogP contribution in [0.4, 0.5) is 0 Å². The Morgan fingerprint density at radius 3 is 2.21 bits per heavy atom. The van der Waals surface area contributed by atoms with Crippen LogP contribution in [0.3, 0.4) is 0 Å². The molecule has 0 spiro atoms. The number of carbonyl (C=O) groups is 1. The Balaban J connectivity index is 3.95. The summed E-state index contributed by atoms with van der Waals surface area (Å²) in [7, 11) is 4.23. The lowest BCUT2D eigenvalue weighted by Gasteiger charge is -2.35. The van der Waals surface area contributed by atoms with E-state index < -0.39 is 0 Å². The van der Waals surface area contributed by atoms with Gasteiger partial charge >= 0.3 is 5.97 Å². The van der Waals surface area contributed by atoms with Crippen molar-refractivity contribution in [2.75, 3.05) is 20.6 Å². The van der Waals surface area contributed by atoms with Gasteiger partial charge in [0.05, 0.1) is 20.6 Å². The van der Waals surface area contributed by atoms with Crippen LogP contribution in [0, 0.1) is 0 Å². The van der Waals surface area contributed by atoms with Crippen molar-refractivity contribution in [3.05, 3.63) is 12.2 Å². The quantitative estimate of drug-likeness (QED) is 0.198. The first-order valence-electron chi connectivity index (χ1n) is 7.50. The lowest BCUT2D eigenvalue weighted by Crippen LogP contribution is -2.50. The molecule has 0 radical (unpaired) electrons. The molecule has 3 nitrogen and oxygen atoms in total. The Morgan fingerprint density at radius 1 is 1.16 bits per heavy atom. The van der Waals surface area contributed by atoms with Gasteiger partial charge in [0.15, 0.2) is 0 Å². The Hall–Kier alpha value is -0.830. The molecule has 0 N–H and O–H groups in total. The smallest absolute Gasteiger partial charge is 0.337 e. The second kappa shape index (κ2) is 9.13. The first kappa shape index (κ1) is 18.2. The molecule has 112 valence electrons. The number of ether oxygens (including phenoxy) is 1. The summed E-state index contributed by atoms with van der Waals surface area (Å²) in [6.07, 6.45) is 7.60. The van der Waals surface area contributed by atoms with E-state index in [1.165, 1.54) is 38.5 Å². The van der Waals surface area contributed by atoms with E-state index >= 15 is 0 Å². The molecule has 0 saturated carbocycles. The summed E-state index contributed by atoms with van der Waals surface area (Å²) in [6, 6.07) is 0. The third-order valence-electron chi connectivity index (χ3n) is 3.70. The molecule has 0 aliphatic rings. The summed E-state index contributed by atoms with van der Waals surface area (Å²) in [5.41, 5.74) is 0.464. The van der Waals surface area contributed by atoms with Gasteiger partial charge in [0.25, 0.3) is 0 Å². The number of esters is 1. The molecule has 0 aromatic rings. The number of rotatable bonds is 10. The number of hydrogen-bond donors (Lipinski definition) is 0. The Morgan fingerprint density at radius 2 is 1.68 bits per heavy atom. The minimum absolute atomic E-state index is 0.125. The van der Waals surface area contributed by atoms with E-state index in [0.29, 0.717) is 10.1 Å². The van der Waals surface area contributed by atoms with E-state index in [2.05, 4.69) is 27.6 Å². The van der Waals surface area contributed by atoms with E-state index in [4.69, 9.17) is 4.74 Å². The maximum Gasteiger partial charge on any atom is 0.337 e. The summed E-state index contributed by atoms with van der Waals surface area (Å²) in [5.74, 6) is -0.290. The predicted octanol–water partition coefficient (Wildman–Crippen LogP) is 3.89. The van der Waals surface area contributed by atoms with Gasteiger partial charge in [-0.2, -0.15) is 0 Å². The molecule has 1 unspecified atom stereocenters. The molecule has 0 aliphatic heterocycles. The molecule has 0 rings (SSSR count). The van der Waals surface area contributed by atoms with E-state index in [9.17, 15) is 4.79 Å². The average molecular weight is 270 g/mol. The van der Waals surface area contributed by atoms with Gasteiger partial charge in [0, 0.05) is 12.5 Å². The molecule has 0 saturated heterocycles. The third kappa shape index (κ3) is 8.04. The molecule has 0 bridgehead atoms. The molecular weight excluding hydrogens is 238 g/mol. The number of hydrogen-bond acceptors (Lipinski definition) is 2. The van der Waals surface area contributed by atoms with E-state index in [0.717, 1.165) is 6.54 Å². The van der Waals surface area contributed by atoms with Crippen molar-refractivity contribution in [3.63, 3.8) is 0 Å². The van der Waals surface area contributed by atoms with Crippen molar-refractivity contribution < 1.29 is 14.0 Å². The Labute approximate surface area is 119 Å². The number of quaternary nitrogens is 1. The molecule has 0 heterocycles. The summed E-state index contributed by atoms with van der Waals surface area (Å²) < 4.78 is 6.12. The van der Waals surface area contributed by atoms with Gasteiger partial charge in [-0.15, -0.1) is 0 Å². The van der Waals surface area contributed by atoms with E-state index in [1.54, 1.807) is 6.92 Å². The summed E-state index contributed by atoms with van der Waals surface area (Å²) in [4.78, 5) is 11.5. The highest BCUT2D eigenvalue weighted by Crippen LogP contribution is 2.13. The lowest BCUT2D eigenvalue weighted by atomic mass is 10.1. The van der Waals surface area contributed by atoms with Crippen molar-refractivity contribution in [3.8, 4) is 0 Å². The molecule has 0 amide bonds. The Bertz CT molecular complexity index is 284. The molecule has 0 aromatic carbocycles. The predicted molar refractivity (Wildman–Crippen MR) is 80.7 cm³/mol. The second-order valence-corrected chi connectivity index (χ2v) is 6.05. The van der Waals surface area contributed by atoms with Crippen LogP contribution in [-0.2, 0) is 9.53 Å². The maximum atomic E-state index is 11.5. The largest absolute Gasteiger partial charge is 0.409 e. The minimum atomic E-state index is -0.290. The number of unbranched alkanes of at least 4 members (excludes halogenated alkanes) is 5. The maximum absolute atomic E-state index is 11.5. The molecule has 19 heavy (non-hydrogen) atoms. The molecule has 0 aromatic heterocycles. The van der Waals surface area contributed by atoms with Crippen molar-refractivity contribution >= 4 is 5.97 Å². The molecule has 0 fully saturated rings. The van der Waals surface area contributed by atoms with E-state index in [-0.39, 0.29) is 12.2 Å². The molecule has 0 aliphatic carbocycles. The van der Waals surface area contributed by atoms with Crippen LogP contribution in [0.25, 0.3) is 0 Å². The van der Waals surface area contributed by atoms with Crippen LogP contribution in [0.2, 0.25) is 0 Å². The fourth-order valence-corrected chi connectivity index (χ4v) is 1.88. The van der Waals surface area contributed by atoms with Gasteiger partial charge in [0.2, 0.25) is 6.23 Å². The number of nitrogens with zero attached hydrogens (tertiary/aromatic N) is 1. The van der Waals surface area contributed by atoms with Crippen LogP contribution in [0.15, 0.2) is 12.2 Å². The van der Waals surface area contributed by atoms with Crippen LogP contribution >= 0.6 is 0 Å².